The highest BCUT2D eigenvalue weighted by Gasteiger charge is 2.36. The van der Waals surface area contributed by atoms with Crippen molar-refractivity contribution in [3.05, 3.63) is 0 Å². The Hall–Kier alpha value is 0.177. The Kier molecular flexibility index (Phi) is 4.65. The number of hydrogen-bond donors (Lipinski definition) is 0. The maximum Gasteiger partial charge on any atom is 0.220 e. The highest BCUT2D eigenvalue weighted by Crippen LogP contribution is 2.41. The van der Waals surface area contributed by atoms with E-state index in [2.05, 4.69) is 27.7 Å². The first kappa shape index (κ1) is 12.2. The van der Waals surface area contributed by atoms with Gasteiger partial charge in [0.1, 0.15) is 0 Å². The number of rotatable bonds is 3. The van der Waals surface area contributed by atoms with Crippen molar-refractivity contribution in [3.8, 4) is 0 Å². The summed E-state index contributed by atoms with van der Waals surface area (Å²) in [4.78, 5) is 0. The average Bonchev–Trinajstić information content (AvgIpc) is 2.14. The lowest BCUT2D eigenvalue weighted by atomic mass is 10.0. The predicted molar refractivity (Wildman–Crippen MR) is 63.9 cm³/mol. The second kappa shape index (κ2) is 5.31. The zero-order valence-electron chi connectivity index (χ0n) is 10.2. The van der Waals surface area contributed by atoms with Crippen LogP contribution < -0.4 is 0 Å². The molecule has 0 N–H and O–H groups in total. The summed E-state index contributed by atoms with van der Waals surface area (Å²) >= 11 is 0. The molecule has 0 aromatic heterocycles. The lowest BCUT2D eigenvalue weighted by Crippen LogP contribution is -2.35. The Labute approximate surface area is 91.0 Å². The Morgan fingerprint density at radius 2 is 1.71 bits per heavy atom. The first-order chi connectivity index (χ1) is 6.55. The fourth-order valence-corrected chi connectivity index (χ4v) is 5.60. The number of hydrogen-bond acceptors (Lipinski definition) is 1. The Bertz CT molecular complexity index is 156. The van der Waals surface area contributed by atoms with Gasteiger partial charge in [0, 0.05) is 6.61 Å². The highest BCUT2D eigenvalue weighted by atomic mass is 28.3. The van der Waals surface area contributed by atoms with E-state index in [4.69, 9.17) is 4.43 Å². The third-order valence-electron chi connectivity index (χ3n) is 3.02. The summed E-state index contributed by atoms with van der Waals surface area (Å²) in [7, 11) is -0.612. The quantitative estimate of drug-likeness (QED) is 0.640. The molecular weight excluding hydrogens is 188 g/mol. The second-order valence-electron chi connectivity index (χ2n) is 5.38. The normalized spacial score (nSPS) is 20.4. The third kappa shape index (κ3) is 3.39. The van der Waals surface area contributed by atoms with Crippen LogP contribution in [0.3, 0.4) is 0 Å². The molecule has 0 heterocycles. The molecule has 83 valence electrons. The molecule has 0 bridgehead atoms. The minimum Gasteiger partial charge on any atom is -0.416 e. The minimum absolute atomic E-state index is 0.405. The van der Waals surface area contributed by atoms with E-state index < -0.39 is 9.04 Å². The summed E-state index contributed by atoms with van der Waals surface area (Å²) in [6.45, 7) is 10.1. The molecule has 0 aromatic carbocycles. The molecule has 1 saturated carbocycles. The van der Waals surface area contributed by atoms with Crippen molar-refractivity contribution in [2.75, 3.05) is 6.61 Å². The van der Waals surface area contributed by atoms with E-state index in [1.807, 2.05) is 0 Å². The van der Waals surface area contributed by atoms with Gasteiger partial charge in [-0.15, -0.1) is 0 Å². The first-order valence-corrected chi connectivity index (χ1v) is 7.54. The zero-order chi connectivity index (χ0) is 10.6. The molecule has 0 amide bonds. The van der Waals surface area contributed by atoms with E-state index in [9.17, 15) is 0 Å². The van der Waals surface area contributed by atoms with E-state index >= 15 is 0 Å². The molecule has 0 aromatic rings. The summed E-state index contributed by atoms with van der Waals surface area (Å²) in [6.07, 6.45) is 7.16. The summed E-state index contributed by atoms with van der Waals surface area (Å²) in [5.74, 6) is 0. The molecule has 1 aliphatic carbocycles. The van der Waals surface area contributed by atoms with Gasteiger partial charge in [-0.3, -0.25) is 0 Å². The molecule has 0 unspecified atom stereocenters. The molecule has 0 spiro atoms. The maximum absolute atomic E-state index is 6.05. The first-order valence-electron chi connectivity index (χ1n) is 6.06. The van der Waals surface area contributed by atoms with Gasteiger partial charge in [-0.2, -0.15) is 0 Å². The smallest absolute Gasteiger partial charge is 0.220 e. The largest absolute Gasteiger partial charge is 0.416 e. The average molecular weight is 213 g/mol. The van der Waals surface area contributed by atoms with Crippen molar-refractivity contribution < 1.29 is 4.43 Å². The van der Waals surface area contributed by atoms with Crippen molar-refractivity contribution >= 4 is 9.04 Å². The van der Waals surface area contributed by atoms with Crippen LogP contribution in [0.1, 0.15) is 59.8 Å². The van der Waals surface area contributed by atoms with Crippen LogP contribution in [-0.4, -0.2) is 15.6 Å². The summed E-state index contributed by atoms with van der Waals surface area (Å²) < 4.78 is 6.05. The van der Waals surface area contributed by atoms with Gasteiger partial charge in [0.05, 0.1) is 0 Å². The molecule has 14 heavy (non-hydrogen) atoms. The lowest BCUT2D eigenvalue weighted by molar-refractivity contribution is 0.299. The van der Waals surface area contributed by atoms with Crippen molar-refractivity contribution in [2.45, 2.75) is 70.4 Å². The molecule has 2 heteroatoms. The minimum atomic E-state index is -0.612. The van der Waals surface area contributed by atoms with Gasteiger partial charge >= 0.3 is 0 Å². The molecule has 1 radical (unpaired) electrons. The van der Waals surface area contributed by atoms with E-state index in [-0.39, 0.29) is 0 Å². The fourth-order valence-electron chi connectivity index (χ4n) is 2.47. The van der Waals surface area contributed by atoms with Gasteiger partial charge in [-0.25, -0.2) is 0 Å². The third-order valence-corrected chi connectivity index (χ3v) is 6.41. The van der Waals surface area contributed by atoms with Crippen LogP contribution in [0, 0.1) is 0 Å². The van der Waals surface area contributed by atoms with Crippen molar-refractivity contribution in [2.24, 2.45) is 0 Å². The molecule has 0 aliphatic heterocycles. The van der Waals surface area contributed by atoms with Crippen LogP contribution in [0.4, 0.5) is 0 Å². The Balaban J connectivity index is 2.56. The van der Waals surface area contributed by atoms with Crippen molar-refractivity contribution in [1.82, 2.24) is 0 Å². The van der Waals surface area contributed by atoms with Gasteiger partial charge in [0.2, 0.25) is 9.04 Å². The van der Waals surface area contributed by atoms with Crippen LogP contribution in [0.5, 0.6) is 0 Å². The zero-order valence-corrected chi connectivity index (χ0v) is 11.2. The van der Waals surface area contributed by atoms with E-state index in [0.29, 0.717) is 5.04 Å². The van der Waals surface area contributed by atoms with E-state index in [0.717, 1.165) is 12.1 Å². The van der Waals surface area contributed by atoms with Crippen molar-refractivity contribution in [3.63, 3.8) is 0 Å². The summed E-state index contributed by atoms with van der Waals surface area (Å²) in [5, 5.41) is 0.405. The van der Waals surface area contributed by atoms with Crippen LogP contribution in [0.15, 0.2) is 0 Å². The van der Waals surface area contributed by atoms with E-state index in [1.165, 1.54) is 32.1 Å². The van der Waals surface area contributed by atoms with Gasteiger partial charge < -0.3 is 4.43 Å². The predicted octanol–water partition coefficient (Wildman–Crippen LogP) is 4.15. The maximum atomic E-state index is 6.05. The molecule has 0 saturated heterocycles. The van der Waals surface area contributed by atoms with Gasteiger partial charge in [0.25, 0.3) is 0 Å². The van der Waals surface area contributed by atoms with Crippen molar-refractivity contribution in [1.29, 1.82) is 0 Å². The summed E-state index contributed by atoms with van der Waals surface area (Å²) in [5.41, 5.74) is 0.911. The van der Waals surface area contributed by atoms with Crippen LogP contribution in [0.25, 0.3) is 0 Å². The molecular formula is C12H25OSi. The van der Waals surface area contributed by atoms with Crippen LogP contribution in [-0.2, 0) is 4.43 Å². The second-order valence-corrected chi connectivity index (χ2v) is 8.72. The van der Waals surface area contributed by atoms with Gasteiger partial charge in [0.15, 0.2) is 0 Å². The molecule has 1 fully saturated rings. The molecule has 1 aliphatic rings. The van der Waals surface area contributed by atoms with Crippen LogP contribution >= 0.6 is 0 Å². The lowest BCUT2D eigenvalue weighted by Gasteiger charge is -2.36. The Morgan fingerprint density at radius 3 is 2.14 bits per heavy atom. The van der Waals surface area contributed by atoms with Gasteiger partial charge in [-0.1, -0.05) is 52.9 Å². The fraction of sp³-hybridized carbons (Fsp3) is 1.00. The Morgan fingerprint density at radius 1 is 1.14 bits per heavy atom. The molecule has 1 rings (SSSR count). The summed E-state index contributed by atoms with van der Waals surface area (Å²) in [6, 6.07) is 0. The topological polar surface area (TPSA) is 9.23 Å². The standard InChI is InChI=1S/C12H25OSi/c1-5-13-14(12(2,3)4)11-9-7-6-8-10-11/h11H,5-10H2,1-4H3. The molecule has 1 nitrogen and oxygen atoms in total. The highest BCUT2D eigenvalue weighted by molar-refractivity contribution is 6.57. The van der Waals surface area contributed by atoms with Crippen LogP contribution in [0.2, 0.25) is 10.6 Å². The molecule has 0 atom stereocenters. The van der Waals surface area contributed by atoms with Gasteiger partial charge in [-0.05, 0) is 17.5 Å². The monoisotopic (exact) mass is 213 g/mol. The SMILES string of the molecule is CCO[Si](C1CCCCC1)C(C)(C)C. The van der Waals surface area contributed by atoms with E-state index in [1.54, 1.807) is 0 Å².